The van der Waals surface area contributed by atoms with E-state index in [4.69, 9.17) is 10.6 Å². The Bertz CT molecular complexity index is 547. The van der Waals surface area contributed by atoms with Crippen LogP contribution in [0.2, 0.25) is 0 Å². The molecule has 3 N–H and O–H groups in total. The number of halogens is 2. The van der Waals surface area contributed by atoms with Gasteiger partial charge in [0.15, 0.2) is 0 Å². The minimum atomic E-state index is -0.135. The third-order valence-electron chi connectivity index (χ3n) is 2.46. The van der Waals surface area contributed by atoms with Crippen LogP contribution in [-0.2, 0) is 0 Å². The third kappa shape index (κ3) is 2.92. The van der Waals surface area contributed by atoms with E-state index in [2.05, 4.69) is 42.3 Å². The van der Waals surface area contributed by atoms with E-state index in [1.165, 1.54) is 0 Å². The zero-order valence-corrected chi connectivity index (χ0v) is 13.5. The molecule has 0 aliphatic carbocycles. The quantitative estimate of drug-likeness (QED) is 0.619. The van der Waals surface area contributed by atoms with Crippen LogP contribution in [0.15, 0.2) is 32.1 Å². The van der Waals surface area contributed by atoms with Crippen LogP contribution >= 0.6 is 43.2 Å². The monoisotopic (exact) mass is 391 g/mol. The fourth-order valence-electron chi connectivity index (χ4n) is 1.62. The number of pyridine rings is 1. The molecule has 2 heterocycles. The Morgan fingerprint density at radius 1 is 1.39 bits per heavy atom. The Morgan fingerprint density at radius 2 is 2.17 bits per heavy atom. The molecule has 18 heavy (non-hydrogen) atoms. The molecule has 0 radical (unpaired) electrons. The van der Waals surface area contributed by atoms with Gasteiger partial charge in [0.2, 0.25) is 0 Å². The van der Waals surface area contributed by atoms with Crippen molar-refractivity contribution < 1.29 is 4.74 Å². The Hall–Kier alpha value is -0.470. The van der Waals surface area contributed by atoms with Gasteiger partial charge in [0, 0.05) is 11.8 Å². The highest BCUT2D eigenvalue weighted by Gasteiger charge is 2.18. The molecule has 4 nitrogen and oxygen atoms in total. The maximum Gasteiger partial charge on any atom is 0.137 e. The number of rotatable bonds is 4. The van der Waals surface area contributed by atoms with Gasteiger partial charge in [-0.2, -0.15) is 0 Å². The van der Waals surface area contributed by atoms with Gasteiger partial charge >= 0.3 is 0 Å². The van der Waals surface area contributed by atoms with Crippen LogP contribution < -0.4 is 16.0 Å². The Labute approximate surface area is 126 Å². The number of hydrazine groups is 1. The van der Waals surface area contributed by atoms with Crippen molar-refractivity contribution in [3.05, 3.63) is 43.2 Å². The number of ether oxygens (including phenoxy) is 1. The molecule has 1 unspecified atom stereocenters. The van der Waals surface area contributed by atoms with Crippen LogP contribution in [0, 0.1) is 0 Å². The smallest absolute Gasteiger partial charge is 0.137 e. The van der Waals surface area contributed by atoms with Crippen molar-refractivity contribution in [1.82, 2.24) is 10.4 Å². The van der Waals surface area contributed by atoms with Crippen molar-refractivity contribution in [2.75, 3.05) is 7.11 Å². The van der Waals surface area contributed by atoms with Crippen molar-refractivity contribution >= 4 is 43.2 Å². The van der Waals surface area contributed by atoms with Crippen molar-refractivity contribution in [3.63, 3.8) is 0 Å². The maximum absolute atomic E-state index is 5.66. The van der Waals surface area contributed by atoms with E-state index in [0.717, 1.165) is 18.7 Å². The van der Waals surface area contributed by atoms with Gasteiger partial charge in [-0.05, 0) is 49.6 Å². The highest BCUT2D eigenvalue weighted by atomic mass is 79.9. The van der Waals surface area contributed by atoms with Crippen LogP contribution in [-0.4, -0.2) is 12.1 Å². The van der Waals surface area contributed by atoms with Crippen molar-refractivity contribution in [1.29, 1.82) is 0 Å². The summed E-state index contributed by atoms with van der Waals surface area (Å²) in [6.45, 7) is 0. The Balaban J connectivity index is 2.41. The molecule has 0 aromatic carbocycles. The second-order valence-electron chi connectivity index (χ2n) is 3.54. The number of nitrogens with two attached hydrogens (primary N) is 1. The minimum Gasteiger partial charge on any atom is -0.495 e. The van der Waals surface area contributed by atoms with E-state index >= 15 is 0 Å². The fourth-order valence-corrected chi connectivity index (χ4v) is 4.52. The van der Waals surface area contributed by atoms with Gasteiger partial charge in [-0.15, -0.1) is 11.3 Å². The Kier molecular flexibility index (Phi) is 4.74. The standard InChI is InChI=1S/C11H11Br2N3OS/c1-17-7-2-6(4-15-5-7)10(16-14)8-3-9(12)18-11(8)13/h2-5,10,16H,14H2,1H3. The average Bonchev–Trinajstić information content (AvgIpc) is 2.70. The summed E-state index contributed by atoms with van der Waals surface area (Å²) < 4.78 is 7.24. The first kappa shape index (κ1) is 14.0. The molecule has 0 aliphatic heterocycles. The lowest BCUT2D eigenvalue weighted by Crippen LogP contribution is -2.28. The molecule has 7 heteroatoms. The first-order valence-electron chi connectivity index (χ1n) is 5.05. The molecule has 2 aromatic rings. The van der Waals surface area contributed by atoms with Gasteiger partial charge in [-0.1, -0.05) is 0 Å². The molecular formula is C11H11Br2N3OS. The lowest BCUT2D eigenvalue weighted by Gasteiger charge is -2.16. The van der Waals surface area contributed by atoms with E-state index in [1.54, 1.807) is 30.8 Å². The predicted molar refractivity (Wildman–Crippen MR) is 79.7 cm³/mol. The van der Waals surface area contributed by atoms with Crippen LogP contribution in [0.25, 0.3) is 0 Å². The molecule has 96 valence electrons. The highest BCUT2D eigenvalue weighted by molar-refractivity contribution is 9.12. The summed E-state index contributed by atoms with van der Waals surface area (Å²) >= 11 is 8.60. The lowest BCUT2D eigenvalue weighted by molar-refractivity contribution is 0.411. The summed E-state index contributed by atoms with van der Waals surface area (Å²) in [5.41, 5.74) is 4.81. The van der Waals surface area contributed by atoms with Crippen LogP contribution in [0.3, 0.4) is 0 Å². The molecule has 1 atom stereocenters. The average molecular weight is 393 g/mol. The van der Waals surface area contributed by atoms with Crippen molar-refractivity contribution in [3.8, 4) is 5.75 Å². The molecule has 2 rings (SSSR count). The molecule has 0 saturated carbocycles. The number of hydrogen-bond donors (Lipinski definition) is 2. The van der Waals surface area contributed by atoms with Gasteiger partial charge in [-0.25, -0.2) is 5.43 Å². The number of aromatic nitrogens is 1. The zero-order chi connectivity index (χ0) is 13.1. The number of methoxy groups -OCH3 is 1. The SMILES string of the molecule is COc1cncc(C(NN)c2cc(Br)sc2Br)c1. The lowest BCUT2D eigenvalue weighted by atomic mass is 10.0. The van der Waals surface area contributed by atoms with E-state index in [9.17, 15) is 0 Å². The summed E-state index contributed by atoms with van der Waals surface area (Å²) in [6.07, 6.45) is 3.43. The molecule has 0 spiro atoms. The molecule has 0 fully saturated rings. The highest BCUT2D eigenvalue weighted by Crippen LogP contribution is 2.37. The number of nitrogens with one attached hydrogen (secondary N) is 1. The number of nitrogens with zero attached hydrogens (tertiary/aromatic N) is 1. The summed E-state index contributed by atoms with van der Waals surface area (Å²) in [6, 6.07) is 3.80. The van der Waals surface area contributed by atoms with Crippen LogP contribution in [0.4, 0.5) is 0 Å². The summed E-state index contributed by atoms with van der Waals surface area (Å²) in [5.74, 6) is 6.36. The maximum atomic E-state index is 5.66. The molecule has 0 aliphatic rings. The summed E-state index contributed by atoms with van der Waals surface area (Å²) in [4.78, 5) is 4.14. The van der Waals surface area contributed by atoms with E-state index in [0.29, 0.717) is 5.75 Å². The molecule has 0 bridgehead atoms. The van der Waals surface area contributed by atoms with Crippen molar-refractivity contribution in [2.24, 2.45) is 5.84 Å². The Morgan fingerprint density at radius 3 is 2.72 bits per heavy atom. The molecule has 0 amide bonds. The van der Waals surface area contributed by atoms with Gasteiger partial charge in [0.1, 0.15) is 5.75 Å². The fraction of sp³-hybridized carbons (Fsp3) is 0.182. The van der Waals surface area contributed by atoms with Gasteiger partial charge in [0.25, 0.3) is 0 Å². The van der Waals surface area contributed by atoms with Gasteiger partial charge in [-0.3, -0.25) is 10.8 Å². The van der Waals surface area contributed by atoms with Gasteiger partial charge in [0.05, 0.1) is 26.9 Å². The largest absolute Gasteiger partial charge is 0.495 e. The third-order valence-corrected chi connectivity index (χ3v) is 4.85. The number of thiophene rings is 1. The molecule has 0 saturated heterocycles. The normalized spacial score (nSPS) is 12.4. The van der Waals surface area contributed by atoms with Crippen molar-refractivity contribution in [2.45, 2.75) is 6.04 Å². The van der Waals surface area contributed by atoms with E-state index < -0.39 is 0 Å². The second kappa shape index (κ2) is 6.12. The zero-order valence-electron chi connectivity index (χ0n) is 9.48. The van der Waals surface area contributed by atoms with E-state index in [1.807, 2.05) is 12.1 Å². The van der Waals surface area contributed by atoms with Crippen LogP contribution in [0.1, 0.15) is 17.2 Å². The first-order valence-corrected chi connectivity index (χ1v) is 7.45. The van der Waals surface area contributed by atoms with Gasteiger partial charge < -0.3 is 4.74 Å². The number of hydrogen-bond acceptors (Lipinski definition) is 5. The van der Waals surface area contributed by atoms with E-state index in [-0.39, 0.29) is 6.04 Å². The predicted octanol–water partition coefficient (Wildman–Crippen LogP) is 3.23. The second-order valence-corrected chi connectivity index (χ2v) is 7.29. The topological polar surface area (TPSA) is 60.2 Å². The molecule has 2 aromatic heterocycles. The molecular weight excluding hydrogens is 382 g/mol. The van der Waals surface area contributed by atoms with Crippen LogP contribution in [0.5, 0.6) is 5.75 Å². The summed E-state index contributed by atoms with van der Waals surface area (Å²) in [5, 5.41) is 0. The minimum absolute atomic E-state index is 0.135. The summed E-state index contributed by atoms with van der Waals surface area (Å²) in [7, 11) is 1.61. The first-order chi connectivity index (χ1) is 8.65.